The van der Waals surface area contributed by atoms with Gasteiger partial charge in [0.25, 0.3) is 0 Å². The Balaban J connectivity index is 2.09. The Bertz CT molecular complexity index is 476. The zero-order valence-corrected chi connectivity index (χ0v) is 12.9. The van der Waals surface area contributed by atoms with Crippen molar-refractivity contribution in [3.05, 3.63) is 35.1 Å². The standard InChI is InChI=1S/C16H23FN2S/c1-2-12-4-3-8-19(9-7-12)11-13-10-14(17)5-6-15(13)16(18)20/h5-6,10,12H,2-4,7-9,11H2,1H3,(H2,18,20). The van der Waals surface area contributed by atoms with Gasteiger partial charge in [-0.2, -0.15) is 0 Å². The highest BCUT2D eigenvalue weighted by Gasteiger charge is 2.17. The van der Waals surface area contributed by atoms with Crippen molar-refractivity contribution in [3.63, 3.8) is 0 Å². The molecule has 0 bridgehead atoms. The van der Waals surface area contributed by atoms with Gasteiger partial charge in [0, 0.05) is 12.1 Å². The third-order valence-electron chi connectivity index (χ3n) is 4.24. The summed E-state index contributed by atoms with van der Waals surface area (Å²) in [6.45, 7) is 5.15. The fraction of sp³-hybridized carbons (Fsp3) is 0.562. The van der Waals surface area contributed by atoms with Crippen molar-refractivity contribution >= 4 is 17.2 Å². The van der Waals surface area contributed by atoms with Crippen molar-refractivity contribution in [3.8, 4) is 0 Å². The number of nitrogens with zero attached hydrogens (tertiary/aromatic N) is 1. The lowest BCUT2D eigenvalue weighted by Crippen LogP contribution is -2.26. The maximum absolute atomic E-state index is 13.5. The Morgan fingerprint density at radius 1 is 1.40 bits per heavy atom. The van der Waals surface area contributed by atoms with Crippen LogP contribution in [-0.2, 0) is 6.54 Å². The van der Waals surface area contributed by atoms with Gasteiger partial charge in [0.15, 0.2) is 0 Å². The Hall–Kier alpha value is -1.00. The third kappa shape index (κ3) is 4.00. The van der Waals surface area contributed by atoms with Crippen LogP contribution in [0.1, 0.15) is 43.7 Å². The number of hydrogen-bond donors (Lipinski definition) is 1. The van der Waals surface area contributed by atoms with Gasteiger partial charge in [0.1, 0.15) is 10.8 Å². The van der Waals surface area contributed by atoms with Gasteiger partial charge in [-0.05, 0) is 62.0 Å². The molecule has 0 spiro atoms. The lowest BCUT2D eigenvalue weighted by atomic mass is 9.98. The molecule has 1 heterocycles. The minimum atomic E-state index is -0.221. The molecule has 2 N–H and O–H groups in total. The predicted molar refractivity (Wildman–Crippen MR) is 85.2 cm³/mol. The second kappa shape index (κ2) is 7.14. The predicted octanol–water partition coefficient (Wildman–Crippen LogP) is 3.47. The fourth-order valence-electron chi connectivity index (χ4n) is 2.97. The van der Waals surface area contributed by atoms with Crippen molar-refractivity contribution in [1.82, 2.24) is 4.90 Å². The first kappa shape index (κ1) is 15.4. The molecule has 2 rings (SSSR count). The van der Waals surface area contributed by atoms with Gasteiger partial charge < -0.3 is 5.73 Å². The van der Waals surface area contributed by atoms with Crippen LogP contribution in [0.15, 0.2) is 18.2 Å². The molecule has 20 heavy (non-hydrogen) atoms. The van der Waals surface area contributed by atoms with E-state index in [1.807, 2.05) is 0 Å². The van der Waals surface area contributed by atoms with Crippen LogP contribution in [0, 0.1) is 11.7 Å². The quantitative estimate of drug-likeness (QED) is 0.862. The zero-order chi connectivity index (χ0) is 14.5. The average molecular weight is 294 g/mol. The monoisotopic (exact) mass is 294 g/mol. The highest BCUT2D eigenvalue weighted by atomic mass is 32.1. The maximum atomic E-state index is 13.5. The molecule has 1 aliphatic heterocycles. The molecule has 1 unspecified atom stereocenters. The van der Waals surface area contributed by atoms with E-state index < -0.39 is 0 Å². The molecule has 1 atom stereocenters. The van der Waals surface area contributed by atoms with Crippen LogP contribution in [0.5, 0.6) is 0 Å². The van der Waals surface area contributed by atoms with Crippen molar-refractivity contribution in [2.75, 3.05) is 13.1 Å². The Morgan fingerprint density at radius 3 is 2.90 bits per heavy atom. The molecule has 1 aliphatic rings. The van der Waals surface area contributed by atoms with E-state index in [1.54, 1.807) is 12.1 Å². The molecule has 0 saturated carbocycles. The first-order chi connectivity index (χ1) is 9.60. The normalized spacial score (nSPS) is 20.6. The topological polar surface area (TPSA) is 29.3 Å². The smallest absolute Gasteiger partial charge is 0.123 e. The Labute approximate surface area is 126 Å². The van der Waals surface area contributed by atoms with Gasteiger partial charge in [-0.1, -0.05) is 25.6 Å². The molecule has 110 valence electrons. The van der Waals surface area contributed by atoms with Crippen molar-refractivity contribution in [1.29, 1.82) is 0 Å². The summed E-state index contributed by atoms with van der Waals surface area (Å²) in [4.78, 5) is 2.74. The summed E-state index contributed by atoms with van der Waals surface area (Å²) in [7, 11) is 0. The summed E-state index contributed by atoms with van der Waals surface area (Å²) in [6.07, 6.45) is 5.01. The van der Waals surface area contributed by atoms with Crippen LogP contribution in [0.4, 0.5) is 4.39 Å². The van der Waals surface area contributed by atoms with E-state index in [4.69, 9.17) is 18.0 Å². The van der Waals surface area contributed by atoms with Crippen LogP contribution < -0.4 is 5.73 Å². The summed E-state index contributed by atoms with van der Waals surface area (Å²) >= 11 is 5.06. The second-order valence-corrected chi connectivity index (χ2v) is 6.09. The summed E-state index contributed by atoms with van der Waals surface area (Å²) in [6, 6.07) is 4.68. The summed E-state index contributed by atoms with van der Waals surface area (Å²) in [5.41, 5.74) is 7.45. The Kier molecular flexibility index (Phi) is 5.49. The molecule has 1 aromatic carbocycles. The number of rotatable bonds is 4. The van der Waals surface area contributed by atoms with Gasteiger partial charge in [-0.25, -0.2) is 4.39 Å². The second-order valence-electron chi connectivity index (χ2n) is 5.65. The first-order valence-corrected chi connectivity index (χ1v) is 7.81. The lowest BCUT2D eigenvalue weighted by Gasteiger charge is -2.21. The molecule has 4 heteroatoms. The van der Waals surface area contributed by atoms with E-state index in [1.165, 1.54) is 31.7 Å². The number of nitrogens with two attached hydrogens (primary N) is 1. The highest BCUT2D eigenvalue weighted by molar-refractivity contribution is 7.80. The van der Waals surface area contributed by atoms with Crippen molar-refractivity contribution < 1.29 is 4.39 Å². The molecule has 2 nitrogen and oxygen atoms in total. The average Bonchev–Trinajstić information content (AvgIpc) is 2.63. The van der Waals surface area contributed by atoms with E-state index >= 15 is 0 Å². The van der Waals surface area contributed by atoms with Crippen LogP contribution >= 0.6 is 12.2 Å². The first-order valence-electron chi connectivity index (χ1n) is 7.40. The van der Waals surface area contributed by atoms with Gasteiger partial charge in [0.2, 0.25) is 0 Å². The van der Waals surface area contributed by atoms with E-state index in [2.05, 4.69) is 11.8 Å². The number of benzene rings is 1. The SMILES string of the molecule is CCC1CCCN(Cc2cc(F)ccc2C(N)=S)CC1. The number of likely N-dealkylation sites (tertiary alicyclic amines) is 1. The van der Waals surface area contributed by atoms with Crippen LogP contribution in [0.3, 0.4) is 0 Å². The third-order valence-corrected chi connectivity index (χ3v) is 4.46. The Morgan fingerprint density at radius 2 is 2.20 bits per heavy atom. The molecular formula is C16H23FN2S. The zero-order valence-electron chi connectivity index (χ0n) is 12.1. The van der Waals surface area contributed by atoms with E-state index in [-0.39, 0.29) is 5.82 Å². The number of thiocarbonyl (C=S) groups is 1. The number of hydrogen-bond acceptors (Lipinski definition) is 2. The van der Waals surface area contributed by atoms with Crippen molar-refractivity contribution in [2.45, 2.75) is 39.2 Å². The molecule has 0 aromatic heterocycles. The van der Waals surface area contributed by atoms with E-state index in [9.17, 15) is 4.39 Å². The van der Waals surface area contributed by atoms with Gasteiger partial charge in [-0.15, -0.1) is 0 Å². The lowest BCUT2D eigenvalue weighted by molar-refractivity contribution is 0.271. The molecule has 1 aromatic rings. The van der Waals surface area contributed by atoms with Gasteiger partial charge in [0.05, 0.1) is 0 Å². The summed E-state index contributed by atoms with van der Waals surface area (Å²) in [5.74, 6) is 0.615. The van der Waals surface area contributed by atoms with Crippen LogP contribution in [-0.4, -0.2) is 23.0 Å². The van der Waals surface area contributed by atoms with Crippen LogP contribution in [0.25, 0.3) is 0 Å². The minimum absolute atomic E-state index is 0.221. The van der Waals surface area contributed by atoms with E-state index in [0.29, 0.717) is 4.99 Å². The highest BCUT2D eigenvalue weighted by Crippen LogP contribution is 2.22. The summed E-state index contributed by atoms with van der Waals surface area (Å²) in [5, 5.41) is 0. The molecule has 1 saturated heterocycles. The molecule has 1 fully saturated rings. The maximum Gasteiger partial charge on any atom is 0.123 e. The largest absolute Gasteiger partial charge is 0.389 e. The number of halogens is 1. The molecule has 0 aliphatic carbocycles. The van der Waals surface area contributed by atoms with Crippen LogP contribution in [0.2, 0.25) is 0 Å². The minimum Gasteiger partial charge on any atom is -0.389 e. The summed E-state index contributed by atoms with van der Waals surface area (Å²) < 4.78 is 13.5. The fourth-order valence-corrected chi connectivity index (χ4v) is 3.16. The van der Waals surface area contributed by atoms with Crippen molar-refractivity contribution in [2.24, 2.45) is 11.7 Å². The molecule has 0 amide bonds. The van der Waals surface area contributed by atoms with Gasteiger partial charge >= 0.3 is 0 Å². The van der Waals surface area contributed by atoms with E-state index in [0.717, 1.165) is 36.7 Å². The van der Waals surface area contributed by atoms with Gasteiger partial charge in [-0.3, -0.25) is 4.90 Å². The molecular weight excluding hydrogens is 271 g/mol. The molecule has 0 radical (unpaired) electrons.